The van der Waals surface area contributed by atoms with Crippen LogP contribution in [-0.4, -0.2) is 40.2 Å². The van der Waals surface area contributed by atoms with E-state index in [4.69, 9.17) is 28.4 Å². The molecule has 0 spiro atoms. The van der Waals surface area contributed by atoms with Crippen LogP contribution < -0.4 is 4.74 Å². The summed E-state index contributed by atoms with van der Waals surface area (Å²) < 4.78 is 12.5. The monoisotopic (exact) mass is 708 g/mol. The second-order valence-electron chi connectivity index (χ2n) is 12.1. The molecule has 1 aromatic carbocycles. The summed E-state index contributed by atoms with van der Waals surface area (Å²) >= 11 is -1.98. The van der Waals surface area contributed by atoms with Crippen LogP contribution in [0, 0.1) is 4.91 Å². The van der Waals surface area contributed by atoms with Gasteiger partial charge in [0.1, 0.15) is 0 Å². The summed E-state index contributed by atoms with van der Waals surface area (Å²) in [5.41, 5.74) is 4.51. The molecule has 9 heteroatoms. The first kappa shape index (κ1) is 33.8. The van der Waals surface area contributed by atoms with Crippen LogP contribution in [0.25, 0.3) is 0 Å². The number of rotatable bonds is 9. The first-order chi connectivity index (χ1) is 18.7. The number of nitrogens with zero attached hydrogens (tertiary/aromatic N) is 1. The number of halogens is 2. The minimum atomic E-state index is -1.98. The van der Waals surface area contributed by atoms with Gasteiger partial charge >= 0.3 is 134 Å². The molecule has 3 aliphatic rings. The van der Waals surface area contributed by atoms with E-state index in [9.17, 15) is 4.91 Å². The van der Waals surface area contributed by atoms with Gasteiger partial charge in [0.15, 0.2) is 0 Å². The fourth-order valence-electron chi connectivity index (χ4n) is 6.78. The zero-order valence-corrected chi connectivity index (χ0v) is 29.5. The topological polar surface area (TPSA) is 47.9 Å². The van der Waals surface area contributed by atoms with Gasteiger partial charge in [-0.05, 0) is 77.0 Å². The minimum absolute atomic E-state index is 0.0465. The Hall–Kier alpha value is 0.273. The summed E-state index contributed by atoms with van der Waals surface area (Å²) in [6.07, 6.45) is 27.5. The van der Waals surface area contributed by atoms with Gasteiger partial charge in [0.25, 0.3) is 0 Å². The Morgan fingerprint density at radius 3 is 1.72 bits per heavy atom. The summed E-state index contributed by atoms with van der Waals surface area (Å²) in [6.45, 7) is 3.89. The molecule has 0 aromatic heterocycles. The van der Waals surface area contributed by atoms with E-state index in [1.54, 1.807) is 96.3 Å². The van der Waals surface area contributed by atoms with E-state index in [1.807, 2.05) is 49.2 Å². The average molecular weight is 709 g/mol. The molecule has 0 radical (unpaired) electrons. The van der Waals surface area contributed by atoms with E-state index < -0.39 is 23.8 Å². The molecule has 0 bridgehead atoms. The van der Waals surface area contributed by atoms with E-state index in [-0.39, 0.29) is 14.0 Å². The Balaban J connectivity index is 0.000000216. The normalized spacial score (nSPS) is 20.7. The Morgan fingerprint density at radius 1 is 0.872 bits per heavy atom. The van der Waals surface area contributed by atoms with Crippen LogP contribution in [0.2, 0.25) is 0 Å². The molecule has 0 aliphatic heterocycles. The Labute approximate surface area is 253 Å². The van der Waals surface area contributed by atoms with E-state index in [1.165, 1.54) is 17.0 Å². The van der Waals surface area contributed by atoms with Gasteiger partial charge in [-0.1, -0.05) is 19.3 Å². The number of hydrogen-bond donors (Lipinski definition) is 0. The van der Waals surface area contributed by atoms with E-state index in [0.717, 1.165) is 16.2 Å². The van der Waals surface area contributed by atoms with Crippen molar-refractivity contribution in [1.82, 2.24) is 0 Å². The maximum atomic E-state index is 10.3. The third kappa shape index (κ3) is 11.1. The SMILES string of the molecule is C1CCC([PH+](C2CCCCC2)C2CCCCC2)CC1.CC(C)Oc1ccc(S(C)(C)ON=O)cc1[CH]=[Ru]([Cl])[Cl]. The molecule has 0 N–H and O–H groups in total. The Bertz CT molecular complexity index is 871. The number of benzene rings is 1. The average Bonchev–Trinajstić information content (AvgIpc) is 2.91. The first-order valence-electron chi connectivity index (χ1n) is 15.0. The summed E-state index contributed by atoms with van der Waals surface area (Å²) in [5.74, 6) is 0.720. The van der Waals surface area contributed by atoms with Crippen LogP contribution >= 0.6 is 37.6 Å². The van der Waals surface area contributed by atoms with Crippen LogP contribution in [0.3, 0.4) is 0 Å². The van der Waals surface area contributed by atoms with Crippen molar-refractivity contribution in [1.29, 1.82) is 0 Å². The van der Waals surface area contributed by atoms with Gasteiger partial charge in [0, 0.05) is 7.92 Å². The van der Waals surface area contributed by atoms with E-state index in [0.29, 0.717) is 0 Å². The maximum absolute atomic E-state index is 10.3. The summed E-state index contributed by atoms with van der Waals surface area (Å²) in [6, 6.07) is 5.61. The fraction of sp³-hybridized carbons (Fsp3) is 0.767. The molecule has 0 heterocycles. The third-order valence-electron chi connectivity index (χ3n) is 8.55. The second-order valence-corrected chi connectivity index (χ2v) is 24.3. The molecular formula is C30H51Cl2NO3PRuS+. The first-order valence-corrected chi connectivity index (χ1v) is 24.5. The van der Waals surface area contributed by atoms with Crippen LogP contribution in [-0.2, 0) is 17.8 Å². The van der Waals surface area contributed by atoms with Gasteiger partial charge in [0.2, 0.25) is 0 Å². The van der Waals surface area contributed by atoms with Gasteiger partial charge in [-0.15, -0.1) is 0 Å². The molecule has 0 atom stereocenters. The van der Waals surface area contributed by atoms with Crippen LogP contribution in [0.1, 0.15) is 116 Å². The molecule has 0 unspecified atom stereocenters. The van der Waals surface area contributed by atoms with Crippen molar-refractivity contribution in [2.75, 3.05) is 12.5 Å². The molecule has 226 valence electrons. The Kier molecular flexibility index (Phi) is 15.1. The van der Waals surface area contributed by atoms with Crippen molar-refractivity contribution < 1.29 is 22.5 Å². The molecule has 4 nitrogen and oxygen atoms in total. The van der Waals surface area contributed by atoms with Crippen molar-refractivity contribution >= 4 is 42.2 Å². The van der Waals surface area contributed by atoms with Crippen LogP contribution in [0.5, 0.6) is 5.75 Å². The van der Waals surface area contributed by atoms with E-state index >= 15 is 0 Å². The standard InChI is InChI=1S/C18H33P.C12H17NO3S.2ClH.Ru/c1-4-10-16(11-5-1)19(17-12-6-2-7-13-17)18-14-8-3-9-15-18;1-9(2)15-12-7-6-11(8-10(12)3)17(4,5)16-13-14;;;/h16-18H,1-15H2;3,6-9H,1-2,4-5H3;2*1H;/q;;;;+2/p-1. The summed E-state index contributed by atoms with van der Waals surface area (Å²) in [7, 11) is 10.1. The van der Waals surface area contributed by atoms with Gasteiger partial charge in [-0.3, -0.25) is 0 Å². The molecule has 4 rings (SSSR count). The zero-order chi connectivity index (χ0) is 28.3. The number of hydrogen-bond acceptors (Lipinski definition) is 4. The van der Waals surface area contributed by atoms with Gasteiger partial charge < -0.3 is 0 Å². The van der Waals surface area contributed by atoms with Crippen molar-refractivity contribution in [2.45, 2.75) is 138 Å². The predicted molar refractivity (Wildman–Crippen MR) is 173 cm³/mol. The Morgan fingerprint density at radius 2 is 1.33 bits per heavy atom. The third-order valence-corrected chi connectivity index (χ3v) is 16.8. The molecule has 0 saturated heterocycles. The molecule has 1 aromatic rings. The molecule has 0 amide bonds. The molecule has 3 fully saturated rings. The van der Waals surface area contributed by atoms with Gasteiger partial charge in [-0.25, -0.2) is 0 Å². The second kappa shape index (κ2) is 17.4. The van der Waals surface area contributed by atoms with Crippen LogP contribution in [0.4, 0.5) is 0 Å². The zero-order valence-electron chi connectivity index (χ0n) is 24.4. The summed E-state index contributed by atoms with van der Waals surface area (Å²) in [4.78, 5) is 11.2. The van der Waals surface area contributed by atoms with Crippen molar-refractivity contribution in [2.24, 2.45) is 5.34 Å². The molecular weight excluding hydrogens is 657 g/mol. The number of ether oxygens (including phenoxy) is 1. The predicted octanol–water partition coefficient (Wildman–Crippen LogP) is 10.8. The van der Waals surface area contributed by atoms with Crippen molar-refractivity contribution in [3.05, 3.63) is 28.7 Å². The van der Waals surface area contributed by atoms with Crippen molar-refractivity contribution in [3.63, 3.8) is 0 Å². The quantitative estimate of drug-likeness (QED) is 0.111. The van der Waals surface area contributed by atoms with Crippen molar-refractivity contribution in [3.8, 4) is 5.75 Å². The van der Waals surface area contributed by atoms with Gasteiger partial charge in [0.05, 0.1) is 17.0 Å². The molecule has 39 heavy (non-hydrogen) atoms. The molecule has 3 aliphatic carbocycles. The summed E-state index contributed by atoms with van der Waals surface area (Å²) in [5, 5.41) is 2.55. The molecule has 3 saturated carbocycles. The fourth-order valence-corrected chi connectivity index (χ4v) is 14.8. The van der Waals surface area contributed by atoms with Crippen LogP contribution in [0.15, 0.2) is 28.4 Å². The van der Waals surface area contributed by atoms with E-state index in [2.05, 4.69) is 5.34 Å². The van der Waals surface area contributed by atoms with Gasteiger partial charge in [-0.2, -0.15) is 0 Å².